The third-order valence-electron chi connectivity index (χ3n) is 4.77. The quantitative estimate of drug-likeness (QED) is 0.457. The van der Waals surface area contributed by atoms with Gasteiger partial charge < -0.3 is 14.1 Å². The summed E-state index contributed by atoms with van der Waals surface area (Å²) in [6, 6.07) is 21.7. The molecule has 0 aliphatic heterocycles. The number of nitrogens with zero attached hydrogens (tertiary/aromatic N) is 2. The molecule has 6 nitrogen and oxygen atoms in total. The Morgan fingerprint density at radius 2 is 1.73 bits per heavy atom. The number of aryl methyl sites for hydroxylation is 1. The van der Waals surface area contributed by atoms with E-state index in [1.807, 2.05) is 61.5 Å². The van der Waals surface area contributed by atoms with Gasteiger partial charge in [0.25, 0.3) is 5.91 Å². The maximum atomic E-state index is 12.9. The highest BCUT2D eigenvalue weighted by atomic mass is 16.5. The number of esters is 1. The van der Waals surface area contributed by atoms with Crippen LogP contribution in [0.1, 0.15) is 16.1 Å². The fourth-order valence-electron chi connectivity index (χ4n) is 3.14. The van der Waals surface area contributed by atoms with Crippen LogP contribution in [0.2, 0.25) is 0 Å². The van der Waals surface area contributed by atoms with Crippen molar-refractivity contribution in [2.45, 2.75) is 6.92 Å². The lowest BCUT2D eigenvalue weighted by molar-refractivity contribution is -0.121. The van der Waals surface area contributed by atoms with Crippen LogP contribution in [0.25, 0.3) is 22.4 Å². The second kappa shape index (κ2) is 8.21. The predicted molar refractivity (Wildman–Crippen MR) is 114 cm³/mol. The third kappa shape index (κ3) is 3.93. The second-order valence-electron chi connectivity index (χ2n) is 6.85. The Morgan fingerprint density at radius 3 is 2.47 bits per heavy atom. The molecule has 2 aromatic carbocycles. The Bertz CT molecular complexity index is 1210. The Hall–Kier alpha value is -3.93. The molecule has 4 aromatic rings. The molecule has 0 aliphatic carbocycles. The van der Waals surface area contributed by atoms with E-state index in [1.165, 1.54) is 4.90 Å². The van der Waals surface area contributed by atoms with Gasteiger partial charge in [-0.15, -0.1) is 0 Å². The minimum atomic E-state index is -0.590. The Kier molecular flexibility index (Phi) is 5.30. The largest absolute Gasteiger partial charge is 0.460 e. The van der Waals surface area contributed by atoms with Crippen molar-refractivity contribution in [3.63, 3.8) is 0 Å². The first-order valence-electron chi connectivity index (χ1n) is 9.48. The topological polar surface area (TPSA) is 72.6 Å². The zero-order valence-electron chi connectivity index (χ0n) is 16.7. The molecule has 0 saturated heterocycles. The van der Waals surface area contributed by atoms with Gasteiger partial charge in [-0.1, -0.05) is 36.4 Å². The van der Waals surface area contributed by atoms with Crippen molar-refractivity contribution in [2.75, 3.05) is 18.6 Å². The summed E-state index contributed by atoms with van der Waals surface area (Å²) in [6.45, 7) is 1.48. The number of ether oxygens (including phenoxy) is 1. The number of hydrogen-bond acceptors (Lipinski definition) is 5. The number of hydrogen-bond donors (Lipinski definition) is 0. The van der Waals surface area contributed by atoms with Gasteiger partial charge in [0.15, 0.2) is 12.4 Å². The second-order valence-corrected chi connectivity index (χ2v) is 6.85. The van der Waals surface area contributed by atoms with Gasteiger partial charge in [0, 0.05) is 18.1 Å². The van der Waals surface area contributed by atoms with Gasteiger partial charge in [-0.2, -0.15) is 0 Å². The number of carbonyl (C=O) groups is 2. The van der Waals surface area contributed by atoms with Crippen LogP contribution >= 0.6 is 0 Å². The molecule has 0 aliphatic rings. The highest BCUT2D eigenvalue weighted by molar-refractivity contribution is 6.05. The smallest absolute Gasteiger partial charge is 0.339 e. The van der Waals surface area contributed by atoms with Crippen LogP contribution in [0.5, 0.6) is 0 Å². The zero-order valence-corrected chi connectivity index (χ0v) is 16.7. The van der Waals surface area contributed by atoms with Gasteiger partial charge in [-0.05, 0) is 43.3 Å². The molecule has 4 rings (SSSR count). The van der Waals surface area contributed by atoms with Crippen LogP contribution in [0.4, 0.5) is 5.69 Å². The number of anilines is 1. The summed E-state index contributed by atoms with van der Waals surface area (Å²) in [4.78, 5) is 31.4. The van der Waals surface area contributed by atoms with E-state index in [0.29, 0.717) is 27.9 Å². The molecule has 30 heavy (non-hydrogen) atoms. The number of para-hydroxylation sites is 2. The first-order chi connectivity index (χ1) is 14.5. The summed E-state index contributed by atoms with van der Waals surface area (Å²) in [5.41, 5.74) is 2.23. The fraction of sp³-hybridized carbons (Fsp3) is 0.125. The molecule has 0 saturated carbocycles. The summed E-state index contributed by atoms with van der Waals surface area (Å²) < 4.78 is 11.0. The summed E-state index contributed by atoms with van der Waals surface area (Å²) in [5, 5.41) is 0.651. The molecule has 0 bridgehead atoms. The summed E-state index contributed by atoms with van der Waals surface area (Å²) in [6.07, 6.45) is 0. The van der Waals surface area contributed by atoms with Gasteiger partial charge in [-0.25, -0.2) is 9.78 Å². The first-order valence-corrected chi connectivity index (χ1v) is 9.48. The number of fused-ring (bicyclic) bond motifs is 1. The number of amides is 1. The molecule has 0 fully saturated rings. The Morgan fingerprint density at radius 1 is 1.00 bits per heavy atom. The molecule has 6 heteroatoms. The molecule has 0 N–H and O–H groups in total. The van der Waals surface area contributed by atoms with Gasteiger partial charge in [0.2, 0.25) is 0 Å². The Balaban J connectivity index is 1.59. The van der Waals surface area contributed by atoms with E-state index < -0.39 is 5.97 Å². The van der Waals surface area contributed by atoms with E-state index in [1.54, 1.807) is 25.2 Å². The van der Waals surface area contributed by atoms with Crippen molar-refractivity contribution in [3.05, 3.63) is 84.1 Å². The van der Waals surface area contributed by atoms with E-state index in [9.17, 15) is 9.59 Å². The molecule has 2 heterocycles. The van der Waals surface area contributed by atoms with Gasteiger partial charge in [0.05, 0.1) is 11.1 Å². The minimum Gasteiger partial charge on any atom is -0.460 e. The van der Waals surface area contributed by atoms with Gasteiger partial charge in [0.1, 0.15) is 11.5 Å². The van der Waals surface area contributed by atoms with Crippen LogP contribution in [-0.2, 0) is 9.53 Å². The predicted octanol–water partition coefficient (Wildman–Crippen LogP) is 4.62. The number of likely N-dealkylation sites (N-methyl/N-ethyl adjacent to an activating group) is 1. The van der Waals surface area contributed by atoms with Gasteiger partial charge >= 0.3 is 5.97 Å². The average Bonchev–Trinajstić information content (AvgIpc) is 3.22. The number of rotatable bonds is 5. The molecule has 150 valence electrons. The normalized spacial score (nSPS) is 10.7. The van der Waals surface area contributed by atoms with E-state index in [-0.39, 0.29) is 12.5 Å². The van der Waals surface area contributed by atoms with Crippen molar-refractivity contribution in [1.82, 2.24) is 4.98 Å². The molecular weight excluding hydrogens is 380 g/mol. The minimum absolute atomic E-state index is 0.324. The highest BCUT2D eigenvalue weighted by Gasteiger charge is 2.19. The maximum Gasteiger partial charge on any atom is 0.339 e. The van der Waals surface area contributed by atoms with Crippen molar-refractivity contribution < 1.29 is 18.7 Å². The van der Waals surface area contributed by atoms with Crippen LogP contribution in [0, 0.1) is 6.92 Å². The number of benzene rings is 2. The van der Waals surface area contributed by atoms with Crippen molar-refractivity contribution in [3.8, 4) is 11.5 Å². The van der Waals surface area contributed by atoms with Crippen LogP contribution < -0.4 is 4.90 Å². The maximum absolute atomic E-state index is 12.9. The van der Waals surface area contributed by atoms with Crippen LogP contribution in [-0.4, -0.2) is 30.5 Å². The lowest BCUT2D eigenvalue weighted by Crippen LogP contribution is -2.31. The molecule has 0 unspecified atom stereocenters. The van der Waals surface area contributed by atoms with E-state index in [2.05, 4.69) is 4.98 Å². The zero-order chi connectivity index (χ0) is 21.1. The molecule has 0 atom stereocenters. The average molecular weight is 400 g/mol. The number of pyridine rings is 1. The number of carbonyl (C=O) groups excluding carboxylic acids is 2. The molecule has 0 spiro atoms. The molecule has 0 radical (unpaired) electrons. The Labute approximate surface area is 173 Å². The lowest BCUT2D eigenvalue weighted by atomic mass is 10.1. The number of furan rings is 1. The van der Waals surface area contributed by atoms with Crippen LogP contribution in [0.3, 0.4) is 0 Å². The van der Waals surface area contributed by atoms with Crippen molar-refractivity contribution in [2.24, 2.45) is 0 Å². The molecular formula is C24H20N2O4. The molecule has 2 aromatic heterocycles. The summed E-state index contributed by atoms with van der Waals surface area (Å²) in [7, 11) is 1.64. The van der Waals surface area contributed by atoms with Crippen LogP contribution in [0.15, 0.2) is 77.2 Å². The summed E-state index contributed by atoms with van der Waals surface area (Å²) in [5.74, 6) is 0.397. The molecule has 1 amide bonds. The first kappa shape index (κ1) is 19.4. The van der Waals surface area contributed by atoms with Crippen molar-refractivity contribution >= 4 is 28.5 Å². The van der Waals surface area contributed by atoms with Gasteiger partial charge in [-0.3, -0.25) is 4.79 Å². The lowest BCUT2D eigenvalue weighted by Gasteiger charge is -2.17. The highest BCUT2D eigenvalue weighted by Crippen LogP contribution is 2.26. The standard InChI is InChI=1S/C24H20N2O4/c1-16-12-13-22(30-16)21-14-19(18-10-6-7-11-20(18)25-21)24(28)29-15-23(27)26(2)17-8-4-3-5-9-17/h3-14H,15H2,1-2H3. The number of aromatic nitrogens is 1. The summed E-state index contributed by atoms with van der Waals surface area (Å²) >= 11 is 0. The monoisotopic (exact) mass is 400 g/mol. The van der Waals surface area contributed by atoms with E-state index in [4.69, 9.17) is 9.15 Å². The fourth-order valence-corrected chi connectivity index (χ4v) is 3.14. The van der Waals surface area contributed by atoms with Crippen molar-refractivity contribution in [1.29, 1.82) is 0 Å². The van der Waals surface area contributed by atoms with E-state index in [0.717, 1.165) is 11.4 Å². The van der Waals surface area contributed by atoms with E-state index >= 15 is 0 Å². The SMILES string of the molecule is Cc1ccc(-c2cc(C(=O)OCC(=O)N(C)c3ccccc3)c3ccccc3n2)o1. The third-order valence-corrected chi connectivity index (χ3v) is 4.77.